The minimum absolute atomic E-state index is 0.229. The number of anilines is 3. The first-order valence-corrected chi connectivity index (χ1v) is 9.64. The van der Waals surface area contributed by atoms with Crippen molar-refractivity contribution in [2.75, 3.05) is 41.7 Å². The smallest absolute Gasteiger partial charge is 0.287 e. The molecule has 0 spiro atoms. The molecule has 0 amide bonds. The first kappa shape index (κ1) is 18.4. The molecule has 0 atom stereocenters. The van der Waals surface area contributed by atoms with Gasteiger partial charge in [0.2, 0.25) is 0 Å². The third-order valence-corrected chi connectivity index (χ3v) is 5.38. The molecule has 1 aromatic heterocycles. The molecule has 0 radical (unpaired) electrons. The Morgan fingerprint density at radius 1 is 0.929 bits per heavy atom. The highest BCUT2D eigenvalue weighted by molar-refractivity contribution is 6.33. The number of aromatic nitrogens is 2. The molecule has 28 heavy (non-hydrogen) atoms. The van der Waals surface area contributed by atoms with Crippen LogP contribution >= 0.6 is 11.6 Å². The van der Waals surface area contributed by atoms with E-state index in [1.54, 1.807) is 6.20 Å². The van der Waals surface area contributed by atoms with Crippen LogP contribution in [0.4, 0.5) is 17.1 Å². The SMILES string of the molecule is Nc1ccc(N2CCN(c3cnn(Cc4ccccc4)c(=O)c3Cl)CC2)cc1. The van der Waals surface area contributed by atoms with Crippen LogP contribution in [0.25, 0.3) is 0 Å². The number of piperazine rings is 1. The van der Waals surface area contributed by atoms with Crippen molar-refractivity contribution in [3.63, 3.8) is 0 Å². The second kappa shape index (κ2) is 7.94. The molecule has 1 fully saturated rings. The third kappa shape index (κ3) is 3.82. The number of hydrogen-bond acceptors (Lipinski definition) is 5. The van der Waals surface area contributed by atoms with E-state index in [0.717, 1.165) is 43.1 Å². The molecular formula is C21H22ClN5O. The Hall–Kier alpha value is -2.99. The van der Waals surface area contributed by atoms with E-state index in [0.29, 0.717) is 12.2 Å². The Morgan fingerprint density at radius 2 is 1.57 bits per heavy atom. The van der Waals surface area contributed by atoms with E-state index in [1.165, 1.54) is 4.68 Å². The lowest BCUT2D eigenvalue weighted by Gasteiger charge is -2.37. The molecule has 3 aromatic rings. The maximum atomic E-state index is 12.7. The molecule has 0 bridgehead atoms. The number of nitrogen functional groups attached to an aromatic ring is 1. The number of nitrogens with zero attached hydrogens (tertiary/aromatic N) is 4. The summed E-state index contributed by atoms with van der Waals surface area (Å²) in [5.41, 5.74) is 9.13. The molecule has 6 nitrogen and oxygen atoms in total. The fourth-order valence-corrected chi connectivity index (χ4v) is 3.70. The third-order valence-electron chi connectivity index (χ3n) is 5.02. The predicted molar refractivity (Wildman–Crippen MR) is 114 cm³/mol. The van der Waals surface area contributed by atoms with E-state index in [4.69, 9.17) is 17.3 Å². The molecule has 2 aromatic carbocycles. The van der Waals surface area contributed by atoms with Crippen molar-refractivity contribution in [2.24, 2.45) is 0 Å². The normalized spacial score (nSPS) is 14.3. The zero-order valence-electron chi connectivity index (χ0n) is 15.5. The van der Waals surface area contributed by atoms with Crippen molar-refractivity contribution in [3.05, 3.63) is 81.7 Å². The van der Waals surface area contributed by atoms with Crippen LogP contribution in [0.3, 0.4) is 0 Å². The average molecular weight is 396 g/mol. The molecule has 2 heterocycles. The topological polar surface area (TPSA) is 67.4 Å². The van der Waals surface area contributed by atoms with Crippen LogP contribution in [-0.4, -0.2) is 36.0 Å². The fraction of sp³-hybridized carbons (Fsp3) is 0.238. The van der Waals surface area contributed by atoms with Gasteiger partial charge in [-0.2, -0.15) is 5.10 Å². The van der Waals surface area contributed by atoms with Gasteiger partial charge in [-0.05, 0) is 29.8 Å². The van der Waals surface area contributed by atoms with Gasteiger partial charge in [0.1, 0.15) is 5.02 Å². The Balaban J connectivity index is 1.47. The van der Waals surface area contributed by atoms with E-state index in [1.807, 2.05) is 54.6 Å². The first-order valence-electron chi connectivity index (χ1n) is 9.27. The van der Waals surface area contributed by atoms with Crippen LogP contribution in [0.2, 0.25) is 5.02 Å². The number of rotatable bonds is 4. The van der Waals surface area contributed by atoms with Gasteiger partial charge in [-0.15, -0.1) is 0 Å². The number of hydrogen-bond donors (Lipinski definition) is 1. The lowest BCUT2D eigenvalue weighted by atomic mass is 10.2. The number of halogens is 1. The fourth-order valence-electron chi connectivity index (χ4n) is 3.44. The molecule has 1 saturated heterocycles. The molecule has 0 saturated carbocycles. The molecule has 144 valence electrons. The van der Waals surface area contributed by atoms with E-state index in [-0.39, 0.29) is 10.6 Å². The van der Waals surface area contributed by atoms with E-state index < -0.39 is 0 Å². The molecule has 1 aliphatic rings. The van der Waals surface area contributed by atoms with Crippen LogP contribution < -0.4 is 21.1 Å². The largest absolute Gasteiger partial charge is 0.399 e. The van der Waals surface area contributed by atoms with Crippen LogP contribution in [0, 0.1) is 0 Å². The van der Waals surface area contributed by atoms with Gasteiger partial charge in [-0.3, -0.25) is 4.79 Å². The van der Waals surface area contributed by atoms with Gasteiger partial charge >= 0.3 is 0 Å². The zero-order chi connectivity index (χ0) is 19.5. The van der Waals surface area contributed by atoms with E-state index >= 15 is 0 Å². The molecule has 1 aliphatic heterocycles. The summed E-state index contributed by atoms with van der Waals surface area (Å²) >= 11 is 6.43. The lowest BCUT2D eigenvalue weighted by molar-refractivity contribution is 0.622. The Morgan fingerprint density at radius 3 is 2.25 bits per heavy atom. The average Bonchev–Trinajstić information content (AvgIpc) is 2.73. The Bertz CT molecular complexity index is 996. The molecule has 0 unspecified atom stereocenters. The maximum absolute atomic E-state index is 12.7. The van der Waals surface area contributed by atoms with Gasteiger partial charge in [-0.25, -0.2) is 4.68 Å². The van der Waals surface area contributed by atoms with Crippen LogP contribution in [-0.2, 0) is 6.54 Å². The summed E-state index contributed by atoms with van der Waals surface area (Å²) in [6, 6.07) is 17.6. The van der Waals surface area contributed by atoms with Gasteiger partial charge in [0.05, 0.1) is 18.4 Å². The maximum Gasteiger partial charge on any atom is 0.287 e. The van der Waals surface area contributed by atoms with E-state index in [2.05, 4.69) is 14.9 Å². The highest BCUT2D eigenvalue weighted by atomic mass is 35.5. The molecule has 2 N–H and O–H groups in total. The van der Waals surface area contributed by atoms with E-state index in [9.17, 15) is 4.79 Å². The second-order valence-electron chi connectivity index (χ2n) is 6.86. The van der Waals surface area contributed by atoms with Crippen molar-refractivity contribution in [3.8, 4) is 0 Å². The zero-order valence-corrected chi connectivity index (χ0v) is 16.2. The molecule has 7 heteroatoms. The summed E-state index contributed by atoms with van der Waals surface area (Å²) in [6.07, 6.45) is 1.70. The summed E-state index contributed by atoms with van der Waals surface area (Å²) in [7, 11) is 0. The second-order valence-corrected chi connectivity index (χ2v) is 7.24. The summed E-state index contributed by atoms with van der Waals surface area (Å²) in [5.74, 6) is 0. The minimum Gasteiger partial charge on any atom is -0.399 e. The van der Waals surface area contributed by atoms with Crippen molar-refractivity contribution in [1.82, 2.24) is 9.78 Å². The van der Waals surface area contributed by atoms with Gasteiger partial charge in [-0.1, -0.05) is 41.9 Å². The Kier molecular flexibility index (Phi) is 5.21. The van der Waals surface area contributed by atoms with Crippen molar-refractivity contribution in [2.45, 2.75) is 6.54 Å². The van der Waals surface area contributed by atoms with Crippen LogP contribution in [0.15, 0.2) is 65.6 Å². The molecule has 4 rings (SSSR count). The highest BCUT2D eigenvalue weighted by Crippen LogP contribution is 2.24. The van der Waals surface area contributed by atoms with Gasteiger partial charge in [0.15, 0.2) is 0 Å². The summed E-state index contributed by atoms with van der Waals surface area (Å²) in [5, 5.41) is 4.58. The summed E-state index contributed by atoms with van der Waals surface area (Å²) in [4.78, 5) is 17.1. The standard InChI is InChI=1S/C21H22ClN5O/c22-20-19(14-24-27(21(20)28)15-16-4-2-1-3-5-16)26-12-10-25(11-13-26)18-8-6-17(23)7-9-18/h1-9,14H,10-13,15,23H2. The van der Waals surface area contributed by atoms with Gasteiger partial charge in [0.25, 0.3) is 5.56 Å². The van der Waals surface area contributed by atoms with Crippen molar-refractivity contribution < 1.29 is 0 Å². The molecular weight excluding hydrogens is 374 g/mol. The Labute approximate surface area is 168 Å². The quantitative estimate of drug-likeness (QED) is 0.688. The predicted octanol–water partition coefficient (Wildman–Crippen LogP) is 2.85. The van der Waals surface area contributed by atoms with Gasteiger partial charge < -0.3 is 15.5 Å². The first-order chi connectivity index (χ1) is 13.6. The number of nitrogens with two attached hydrogens (primary N) is 1. The number of benzene rings is 2. The van der Waals surface area contributed by atoms with Crippen molar-refractivity contribution in [1.29, 1.82) is 0 Å². The summed E-state index contributed by atoms with van der Waals surface area (Å²) < 4.78 is 1.41. The highest BCUT2D eigenvalue weighted by Gasteiger charge is 2.21. The minimum atomic E-state index is -0.260. The summed E-state index contributed by atoms with van der Waals surface area (Å²) in [6.45, 7) is 3.63. The molecule has 0 aliphatic carbocycles. The van der Waals surface area contributed by atoms with Crippen LogP contribution in [0.1, 0.15) is 5.56 Å². The van der Waals surface area contributed by atoms with Crippen molar-refractivity contribution >= 4 is 28.7 Å². The van der Waals surface area contributed by atoms with Crippen LogP contribution in [0.5, 0.6) is 0 Å². The monoisotopic (exact) mass is 395 g/mol. The van der Waals surface area contributed by atoms with Gasteiger partial charge in [0, 0.05) is 37.6 Å². The lowest BCUT2D eigenvalue weighted by Crippen LogP contribution is -2.47.